The molecule has 8 heteroatoms. The fourth-order valence-electron chi connectivity index (χ4n) is 1.89. The number of halogens is 4. The molecule has 1 rings (SSSR count). The number of hydrogen-bond donors (Lipinski definition) is 2. The standard InChI is InChI=1S/C13H13F4NO3/c14-9-2-1-8(11(6-9)13(15,16)17)5-10(18-7-19)3-4-12(20)21/h1-2,6-7,10H,3-5H2,(H,18,19)(H,20,21). The second-order valence-corrected chi connectivity index (χ2v) is 4.42. The summed E-state index contributed by atoms with van der Waals surface area (Å²) in [6.07, 6.45) is -4.99. The summed E-state index contributed by atoms with van der Waals surface area (Å²) in [5.74, 6) is -2.14. The average Bonchev–Trinajstić information content (AvgIpc) is 2.37. The molecule has 1 aromatic carbocycles. The van der Waals surface area contributed by atoms with Gasteiger partial charge in [0, 0.05) is 12.5 Å². The van der Waals surface area contributed by atoms with Crippen molar-refractivity contribution in [2.75, 3.05) is 0 Å². The van der Waals surface area contributed by atoms with Gasteiger partial charge in [-0.05, 0) is 30.5 Å². The lowest BCUT2D eigenvalue weighted by Crippen LogP contribution is -2.31. The Labute approximate surface area is 117 Å². The number of nitrogens with one attached hydrogen (secondary N) is 1. The van der Waals surface area contributed by atoms with Gasteiger partial charge in [0.1, 0.15) is 5.82 Å². The molecule has 1 unspecified atom stereocenters. The van der Waals surface area contributed by atoms with Gasteiger partial charge in [-0.15, -0.1) is 0 Å². The molecule has 0 aliphatic rings. The van der Waals surface area contributed by atoms with Crippen molar-refractivity contribution in [1.29, 1.82) is 0 Å². The van der Waals surface area contributed by atoms with E-state index in [1.165, 1.54) is 0 Å². The normalized spacial score (nSPS) is 12.8. The summed E-state index contributed by atoms with van der Waals surface area (Å²) in [5.41, 5.74) is -1.33. The number of carbonyl (C=O) groups is 2. The lowest BCUT2D eigenvalue weighted by Gasteiger charge is -2.18. The van der Waals surface area contributed by atoms with Gasteiger partial charge in [-0.3, -0.25) is 9.59 Å². The monoisotopic (exact) mass is 307 g/mol. The average molecular weight is 307 g/mol. The quantitative estimate of drug-likeness (QED) is 0.600. The van der Waals surface area contributed by atoms with Crippen LogP contribution >= 0.6 is 0 Å². The topological polar surface area (TPSA) is 66.4 Å². The maximum Gasteiger partial charge on any atom is 0.416 e. The molecule has 1 atom stereocenters. The summed E-state index contributed by atoms with van der Waals surface area (Å²) in [6, 6.07) is 1.48. The van der Waals surface area contributed by atoms with Gasteiger partial charge in [0.05, 0.1) is 5.56 Å². The minimum absolute atomic E-state index is 0.0251. The van der Waals surface area contributed by atoms with Crippen molar-refractivity contribution in [3.8, 4) is 0 Å². The van der Waals surface area contributed by atoms with Crippen molar-refractivity contribution in [1.82, 2.24) is 5.32 Å². The molecule has 2 N–H and O–H groups in total. The molecule has 0 aliphatic heterocycles. The van der Waals surface area contributed by atoms with Crippen LogP contribution in [0.2, 0.25) is 0 Å². The van der Waals surface area contributed by atoms with Gasteiger partial charge in [0.2, 0.25) is 6.41 Å². The number of rotatable bonds is 7. The predicted octanol–water partition coefficient (Wildman–Crippen LogP) is 2.37. The Balaban J connectivity index is 2.97. The third-order valence-corrected chi connectivity index (χ3v) is 2.85. The second-order valence-electron chi connectivity index (χ2n) is 4.42. The first-order valence-corrected chi connectivity index (χ1v) is 6.01. The van der Waals surface area contributed by atoms with Gasteiger partial charge in [-0.25, -0.2) is 4.39 Å². The van der Waals surface area contributed by atoms with Crippen LogP contribution in [0.25, 0.3) is 0 Å². The molecule has 0 aromatic heterocycles. The maximum atomic E-state index is 13.0. The Bertz CT molecular complexity index is 517. The highest BCUT2D eigenvalue weighted by molar-refractivity contribution is 5.66. The van der Waals surface area contributed by atoms with Crippen LogP contribution in [0.15, 0.2) is 18.2 Å². The highest BCUT2D eigenvalue weighted by atomic mass is 19.4. The van der Waals surface area contributed by atoms with Crippen molar-refractivity contribution in [3.63, 3.8) is 0 Å². The molecular formula is C13H13F4NO3. The fourth-order valence-corrected chi connectivity index (χ4v) is 1.89. The number of aliphatic carboxylic acids is 1. The van der Waals surface area contributed by atoms with E-state index in [0.29, 0.717) is 12.5 Å². The Morgan fingerprint density at radius 1 is 1.38 bits per heavy atom. The minimum atomic E-state index is -4.73. The number of alkyl halides is 3. The van der Waals surface area contributed by atoms with Gasteiger partial charge in [0.15, 0.2) is 0 Å². The Morgan fingerprint density at radius 2 is 2.05 bits per heavy atom. The second kappa shape index (κ2) is 7.05. The SMILES string of the molecule is O=CNC(CCC(=O)O)Cc1ccc(F)cc1C(F)(F)F. The summed E-state index contributed by atoms with van der Waals surface area (Å²) < 4.78 is 51.5. The van der Waals surface area contributed by atoms with Crippen LogP contribution in [0, 0.1) is 5.82 Å². The van der Waals surface area contributed by atoms with E-state index in [2.05, 4.69) is 5.32 Å². The van der Waals surface area contributed by atoms with Gasteiger partial charge < -0.3 is 10.4 Å². The third-order valence-electron chi connectivity index (χ3n) is 2.85. The number of carboxylic acids is 1. The molecule has 1 amide bonds. The molecule has 0 spiro atoms. The third kappa shape index (κ3) is 5.41. The smallest absolute Gasteiger partial charge is 0.416 e. The van der Waals surface area contributed by atoms with Gasteiger partial charge in [0.25, 0.3) is 0 Å². The number of carbonyl (C=O) groups excluding carboxylic acids is 1. The Morgan fingerprint density at radius 3 is 2.57 bits per heavy atom. The van der Waals surface area contributed by atoms with Crippen molar-refractivity contribution >= 4 is 12.4 Å². The Kier molecular flexibility index (Phi) is 5.69. The molecule has 0 saturated carbocycles. The van der Waals surface area contributed by atoms with E-state index in [9.17, 15) is 27.2 Å². The van der Waals surface area contributed by atoms with Crippen molar-refractivity contribution < 1.29 is 32.3 Å². The molecule has 116 valence electrons. The number of carboxylic acid groups (broad SMARTS) is 1. The summed E-state index contributed by atoms with van der Waals surface area (Å²) in [7, 11) is 0. The van der Waals surface area contributed by atoms with Crippen LogP contribution in [0.4, 0.5) is 17.6 Å². The van der Waals surface area contributed by atoms with Crippen molar-refractivity contribution in [2.24, 2.45) is 0 Å². The molecule has 0 heterocycles. The molecular weight excluding hydrogens is 294 g/mol. The first-order valence-electron chi connectivity index (χ1n) is 6.01. The molecule has 1 aromatic rings. The van der Waals surface area contributed by atoms with E-state index < -0.39 is 29.6 Å². The molecule has 0 bridgehead atoms. The Hall–Kier alpha value is -2.12. The maximum absolute atomic E-state index is 13.0. The van der Waals surface area contributed by atoms with Crippen LogP contribution in [0.3, 0.4) is 0 Å². The molecule has 4 nitrogen and oxygen atoms in total. The van der Waals surface area contributed by atoms with E-state index in [4.69, 9.17) is 5.11 Å². The van der Waals surface area contributed by atoms with Gasteiger partial charge in [-0.1, -0.05) is 6.07 Å². The zero-order valence-electron chi connectivity index (χ0n) is 10.8. The zero-order chi connectivity index (χ0) is 16.0. The molecule has 0 radical (unpaired) electrons. The van der Waals surface area contributed by atoms with Gasteiger partial charge >= 0.3 is 12.1 Å². The highest BCUT2D eigenvalue weighted by Gasteiger charge is 2.34. The van der Waals surface area contributed by atoms with Crippen LogP contribution in [0.1, 0.15) is 24.0 Å². The first kappa shape index (κ1) is 16.9. The lowest BCUT2D eigenvalue weighted by atomic mass is 9.97. The zero-order valence-corrected chi connectivity index (χ0v) is 10.8. The van der Waals surface area contributed by atoms with Gasteiger partial charge in [-0.2, -0.15) is 13.2 Å². The number of amides is 1. The van der Waals surface area contributed by atoms with E-state index in [1.807, 2.05) is 0 Å². The fraction of sp³-hybridized carbons (Fsp3) is 0.385. The lowest BCUT2D eigenvalue weighted by molar-refractivity contribution is -0.139. The molecule has 21 heavy (non-hydrogen) atoms. The molecule has 0 fully saturated rings. The number of benzene rings is 1. The summed E-state index contributed by atoms with van der Waals surface area (Å²) in [5, 5.41) is 10.8. The van der Waals surface area contributed by atoms with Crippen molar-refractivity contribution in [2.45, 2.75) is 31.5 Å². The van der Waals surface area contributed by atoms with Crippen LogP contribution in [-0.4, -0.2) is 23.5 Å². The minimum Gasteiger partial charge on any atom is -0.481 e. The highest BCUT2D eigenvalue weighted by Crippen LogP contribution is 2.33. The summed E-state index contributed by atoms with van der Waals surface area (Å²) in [6.45, 7) is 0. The number of hydrogen-bond acceptors (Lipinski definition) is 2. The van der Waals surface area contributed by atoms with Crippen molar-refractivity contribution in [3.05, 3.63) is 35.1 Å². The first-order chi connectivity index (χ1) is 9.74. The van der Waals surface area contributed by atoms with E-state index in [1.54, 1.807) is 0 Å². The van der Waals surface area contributed by atoms with E-state index in [0.717, 1.165) is 12.1 Å². The van der Waals surface area contributed by atoms with Crippen LogP contribution in [-0.2, 0) is 22.2 Å². The summed E-state index contributed by atoms with van der Waals surface area (Å²) in [4.78, 5) is 20.9. The largest absolute Gasteiger partial charge is 0.481 e. The van der Waals surface area contributed by atoms with Crippen LogP contribution in [0.5, 0.6) is 0 Å². The van der Waals surface area contributed by atoms with Crippen LogP contribution < -0.4 is 5.32 Å². The van der Waals surface area contributed by atoms with E-state index in [-0.39, 0.29) is 24.8 Å². The van der Waals surface area contributed by atoms with E-state index >= 15 is 0 Å². The molecule has 0 aliphatic carbocycles. The molecule has 0 saturated heterocycles. The summed E-state index contributed by atoms with van der Waals surface area (Å²) >= 11 is 0. The predicted molar refractivity (Wildman–Crippen MR) is 65.0 cm³/mol.